The molecule has 0 aromatic heterocycles. The minimum absolute atomic E-state index is 0.110. The molecule has 0 unspecified atom stereocenters. The van der Waals surface area contributed by atoms with Gasteiger partial charge < -0.3 is 14.6 Å². The van der Waals surface area contributed by atoms with Crippen molar-refractivity contribution in [2.45, 2.75) is 57.8 Å². The Bertz CT molecular complexity index is 338. The molecular formula is C13H20O5. The predicted molar refractivity (Wildman–Crippen MR) is 62.6 cm³/mol. The monoisotopic (exact) mass is 256 g/mol. The van der Waals surface area contributed by atoms with Crippen LogP contribution in [0, 0.1) is 11.8 Å². The van der Waals surface area contributed by atoms with Gasteiger partial charge >= 0.3 is 11.9 Å². The van der Waals surface area contributed by atoms with Crippen LogP contribution in [0.1, 0.15) is 39.5 Å². The molecular weight excluding hydrogens is 236 g/mol. The summed E-state index contributed by atoms with van der Waals surface area (Å²) in [7, 11) is 0. The summed E-state index contributed by atoms with van der Waals surface area (Å²) < 4.78 is 10.6. The first-order chi connectivity index (χ1) is 8.47. The average Bonchev–Trinajstić information content (AvgIpc) is 2.70. The number of ether oxygens (including phenoxy) is 2. The normalized spacial score (nSPS) is 36.1. The van der Waals surface area contributed by atoms with E-state index < -0.39 is 0 Å². The minimum Gasteiger partial charge on any atom is -0.462 e. The van der Waals surface area contributed by atoms with Crippen molar-refractivity contribution in [1.29, 1.82) is 0 Å². The Labute approximate surface area is 106 Å². The summed E-state index contributed by atoms with van der Waals surface area (Å²) in [5.41, 5.74) is 0. The number of esters is 2. The van der Waals surface area contributed by atoms with Crippen molar-refractivity contribution in [3.63, 3.8) is 0 Å². The summed E-state index contributed by atoms with van der Waals surface area (Å²) in [5.74, 6) is -0.192. The number of aliphatic hydroxyl groups excluding tert-OH is 1. The van der Waals surface area contributed by atoms with Crippen molar-refractivity contribution in [1.82, 2.24) is 0 Å². The van der Waals surface area contributed by atoms with Crippen molar-refractivity contribution < 1.29 is 24.2 Å². The summed E-state index contributed by atoms with van der Waals surface area (Å²) >= 11 is 0. The SMILES string of the molecule is CC(=O)O[C@@H]1C[C@@H]2OC(=O)C[C@@H]2[C@H]1CC[C@H](C)O. The number of hydrogen-bond donors (Lipinski definition) is 1. The van der Waals surface area contributed by atoms with Crippen molar-refractivity contribution in [3.8, 4) is 0 Å². The number of hydrogen-bond acceptors (Lipinski definition) is 5. The lowest BCUT2D eigenvalue weighted by Crippen LogP contribution is -2.25. The topological polar surface area (TPSA) is 72.8 Å². The first kappa shape index (κ1) is 13.3. The van der Waals surface area contributed by atoms with Gasteiger partial charge in [0.25, 0.3) is 0 Å². The molecule has 5 atom stereocenters. The van der Waals surface area contributed by atoms with Crippen LogP contribution in [0.3, 0.4) is 0 Å². The summed E-state index contributed by atoms with van der Waals surface area (Å²) in [6, 6.07) is 0. The Hall–Kier alpha value is -1.10. The number of rotatable bonds is 4. The van der Waals surface area contributed by atoms with Crippen LogP contribution >= 0.6 is 0 Å². The molecule has 2 rings (SSSR count). The molecule has 1 saturated heterocycles. The molecule has 1 heterocycles. The van der Waals surface area contributed by atoms with Crippen LogP contribution in [0.15, 0.2) is 0 Å². The molecule has 0 bridgehead atoms. The van der Waals surface area contributed by atoms with Gasteiger partial charge in [-0.1, -0.05) is 0 Å². The van der Waals surface area contributed by atoms with E-state index in [0.717, 1.165) is 6.42 Å². The second kappa shape index (κ2) is 5.26. The molecule has 0 radical (unpaired) electrons. The van der Waals surface area contributed by atoms with Crippen LogP contribution in [0.25, 0.3) is 0 Å². The van der Waals surface area contributed by atoms with E-state index >= 15 is 0 Å². The molecule has 1 saturated carbocycles. The molecule has 1 aliphatic heterocycles. The molecule has 1 N–H and O–H groups in total. The van der Waals surface area contributed by atoms with Gasteiger partial charge in [-0.15, -0.1) is 0 Å². The van der Waals surface area contributed by atoms with Gasteiger partial charge in [0.15, 0.2) is 0 Å². The zero-order chi connectivity index (χ0) is 13.3. The van der Waals surface area contributed by atoms with E-state index in [1.54, 1.807) is 6.92 Å². The standard InChI is InChI=1S/C13H20O5/c1-7(14)3-4-9-10-5-13(16)18-12(10)6-11(9)17-8(2)15/h7,9-12,14H,3-6H2,1-2H3/t7-,9+,10+,11+,12-/m0/s1. The highest BCUT2D eigenvalue weighted by Gasteiger charge is 2.51. The molecule has 5 nitrogen and oxygen atoms in total. The molecule has 5 heteroatoms. The zero-order valence-electron chi connectivity index (χ0n) is 10.8. The Morgan fingerprint density at radius 1 is 1.61 bits per heavy atom. The van der Waals surface area contributed by atoms with Gasteiger partial charge in [-0.3, -0.25) is 9.59 Å². The second-order valence-electron chi connectivity index (χ2n) is 5.37. The fraction of sp³-hybridized carbons (Fsp3) is 0.846. The van der Waals surface area contributed by atoms with Crippen LogP contribution in [-0.2, 0) is 19.1 Å². The van der Waals surface area contributed by atoms with Gasteiger partial charge in [0.05, 0.1) is 12.5 Å². The van der Waals surface area contributed by atoms with Crippen LogP contribution < -0.4 is 0 Å². The minimum atomic E-state index is -0.375. The van der Waals surface area contributed by atoms with Gasteiger partial charge in [-0.2, -0.15) is 0 Å². The molecule has 18 heavy (non-hydrogen) atoms. The van der Waals surface area contributed by atoms with Crippen molar-refractivity contribution in [2.24, 2.45) is 11.8 Å². The van der Waals surface area contributed by atoms with E-state index in [-0.39, 0.29) is 42.1 Å². The summed E-state index contributed by atoms with van der Waals surface area (Å²) in [4.78, 5) is 22.4. The third kappa shape index (κ3) is 2.83. The number of carbonyl (C=O) groups is 2. The van der Waals surface area contributed by atoms with E-state index in [1.165, 1.54) is 6.92 Å². The molecule has 2 aliphatic rings. The fourth-order valence-electron chi connectivity index (χ4n) is 3.14. The maximum atomic E-state index is 11.3. The van der Waals surface area contributed by atoms with Crippen LogP contribution in [0.4, 0.5) is 0 Å². The molecule has 2 fully saturated rings. The predicted octanol–water partition coefficient (Wildman–Crippen LogP) is 1.03. The van der Waals surface area contributed by atoms with Gasteiger partial charge in [0, 0.05) is 25.2 Å². The van der Waals surface area contributed by atoms with Crippen LogP contribution in [0.5, 0.6) is 0 Å². The third-order valence-corrected chi connectivity index (χ3v) is 3.89. The Morgan fingerprint density at radius 3 is 2.94 bits per heavy atom. The Kier molecular flexibility index (Phi) is 3.90. The van der Waals surface area contributed by atoms with E-state index in [1.807, 2.05) is 0 Å². The Morgan fingerprint density at radius 2 is 2.33 bits per heavy atom. The van der Waals surface area contributed by atoms with Gasteiger partial charge in [-0.25, -0.2) is 0 Å². The van der Waals surface area contributed by atoms with E-state index in [4.69, 9.17) is 9.47 Å². The molecule has 0 amide bonds. The lowest BCUT2D eigenvalue weighted by atomic mass is 9.87. The van der Waals surface area contributed by atoms with Crippen molar-refractivity contribution >= 4 is 11.9 Å². The first-order valence-corrected chi connectivity index (χ1v) is 6.52. The fourth-order valence-corrected chi connectivity index (χ4v) is 3.14. The third-order valence-electron chi connectivity index (χ3n) is 3.89. The van der Waals surface area contributed by atoms with E-state index in [9.17, 15) is 14.7 Å². The molecule has 102 valence electrons. The van der Waals surface area contributed by atoms with Crippen LogP contribution in [-0.4, -0.2) is 35.4 Å². The van der Waals surface area contributed by atoms with Gasteiger partial charge in [0.1, 0.15) is 12.2 Å². The maximum absolute atomic E-state index is 11.3. The summed E-state index contributed by atoms with van der Waals surface area (Å²) in [6.07, 6.45) is 1.76. The van der Waals surface area contributed by atoms with E-state index in [0.29, 0.717) is 19.3 Å². The van der Waals surface area contributed by atoms with Crippen molar-refractivity contribution in [3.05, 3.63) is 0 Å². The quantitative estimate of drug-likeness (QED) is 0.760. The highest BCUT2D eigenvalue weighted by molar-refractivity contribution is 5.72. The van der Waals surface area contributed by atoms with E-state index in [2.05, 4.69) is 0 Å². The number of fused-ring (bicyclic) bond motifs is 1. The largest absolute Gasteiger partial charge is 0.462 e. The summed E-state index contributed by atoms with van der Waals surface area (Å²) in [5, 5.41) is 9.37. The second-order valence-corrected chi connectivity index (χ2v) is 5.37. The zero-order valence-corrected chi connectivity index (χ0v) is 10.8. The van der Waals surface area contributed by atoms with Crippen LogP contribution in [0.2, 0.25) is 0 Å². The molecule has 0 aromatic carbocycles. The Balaban J connectivity index is 2.02. The lowest BCUT2D eigenvalue weighted by Gasteiger charge is -2.23. The van der Waals surface area contributed by atoms with Gasteiger partial charge in [-0.05, 0) is 19.8 Å². The highest BCUT2D eigenvalue weighted by Crippen LogP contribution is 2.44. The summed E-state index contributed by atoms with van der Waals surface area (Å²) in [6.45, 7) is 3.13. The smallest absolute Gasteiger partial charge is 0.306 e. The molecule has 0 spiro atoms. The highest BCUT2D eigenvalue weighted by atomic mass is 16.6. The maximum Gasteiger partial charge on any atom is 0.306 e. The molecule has 1 aliphatic carbocycles. The number of carbonyl (C=O) groups excluding carboxylic acids is 2. The van der Waals surface area contributed by atoms with Crippen molar-refractivity contribution in [2.75, 3.05) is 0 Å². The molecule has 0 aromatic rings. The lowest BCUT2D eigenvalue weighted by molar-refractivity contribution is -0.150. The number of aliphatic hydroxyl groups is 1. The van der Waals surface area contributed by atoms with Gasteiger partial charge in [0.2, 0.25) is 0 Å². The first-order valence-electron chi connectivity index (χ1n) is 6.52. The average molecular weight is 256 g/mol.